The van der Waals surface area contributed by atoms with Crippen LogP contribution in [-0.4, -0.2) is 22.5 Å². The van der Waals surface area contributed by atoms with Gasteiger partial charge in [0, 0.05) is 6.21 Å². The molecule has 0 saturated heterocycles. The van der Waals surface area contributed by atoms with Gasteiger partial charge in [0.25, 0.3) is 0 Å². The average Bonchev–Trinajstić information content (AvgIpc) is 2.17. The fourth-order valence-electron chi connectivity index (χ4n) is 0.918. The summed E-state index contributed by atoms with van der Waals surface area (Å²) < 4.78 is 0. The highest BCUT2D eigenvalue weighted by Gasteiger charge is 2.15. The topological polar surface area (TPSA) is 52.8 Å². The highest BCUT2D eigenvalue weighted by Crippen LogP contribution is 2.13. The van der Waals surface area contributed by atoms with Crippen molar-refractivity contribution in [3.8, 4) is 0 Å². The lowest BCUT2D eigenvalue weighted by molar-refractivity contribution is 0.155. The summed E-state index contributed by atoms with van der Waals surface area (Å²) in [4.78, 5) is 4.00. The van der Waals surface area contributed by atoms with Crippen LogP contribution in [-0.2, 0) is 0 Å². The van der Waals surface area contributed by atoms with E-state index in [4.69, 9.17) is 5.11 Å². The van der Waals surface area contributed by atoms with E-state index in [1.807, 2.05) is 13.8 Å². The highest BCUT2D eigenvalue weighted by molar-refractivity contribution is 5.64. The maximum absolute atomic E-state index is 9.67. The first-order valence-corrected chi connectivity index (χ1v) is 5.08. The van der Waals surface area contributed by atoms with Crippen molar-refractivity contribution in [2.75, 3.05) is 0 Å². The molecule has 0 aromatic carbocycles. The van der Waals surface area contributed by atoms with Gasteiger partial charge in [-0.25, -0.2) is 0 Å². The molecule has 0 rings (SSSR count). The molecular formula is C11H21NO2. The van der Waals surface area contributed by atoms with E-state index < -0.39 is 6.10 Å². The number of hydrogen-bond donors (Lipinski definition) is 2. The van der Waals surface area contributed by atoms with Crippen molar-refractivity contribution in [3.05, 3.63) is 12.0 Å². The number of allylic oxidation sites excluding steroid dienone is 1. The van der Waals surface area contributed by atoms with Crippen LogP contribution in [0.1, 0.15) is 34.1 Å². The second-order valence-corrected chi connectivity index (χ2v) is 3.85. The molecule has 0 aliphatic heterocycles. The van der Waals surface area contributed by atoms with Crippen LogP contribution in [0.2, 0.25) is 0 Å². The Hall–Kier alpha value is -0.830. The van der Waals surface area contributed by atoms with Crippen LogP contribution in [0.4, 0.5) is 0 Å². The molecule has 2 N–H and O–H groups in total. The zero-order valence-corrected chi connectivity index (χ0v) is 9.44. The minimum atomic E-state index is -0.545. The van der Waals surface area contributed by atoms with Gasteiger partial charge in [-0.05, 0) is 18.3 Å². The smallest absolute Gasteiger partial charge is 0.101 e. The van der Waals surface area contributed by atoms with Crippen LogP contribution < -0.4 is 0 Å². The maximum Gasteiger partial charge on any atom is 0.101 e. The molecule has 0 aliphatic carbocycles. The monoisotopic (exact) mass is 199 g/mol. The predicted molar refractivity (Wildman–Crippen MR) is 59.5 cm³/mol. The van der Waals surface area contributed by atoms with Crippen molar-refractivity contribution in [1.29, 1.82) is 0 Å². The van der Waals surface area contributed by atoms with Gasteiger partial charge in [-0.15, -0.1) is 0 Å². The molecule has 82 valence electrons. The van der Waals surface area contributed by atoms with E-state index >= 15 is 0 Å². The van der Waals surface area contributed by atoms with E-state index in [1.54, 1.807) is 0 Å². The minimum absolute atomic E-state index is 0.176. The fourth-order valence-corrected chi connectivity index (χ4v) is 0.918. The summed E-state index contributed by atoms with van der Waals surface area (Å²) in [5.41, 5.74) is 0.583. The van der Waals surface area contributed by atoms with Crippen LogP contribution in [0.25, 0.3) is 0 Å². The molecule has 0 fully saturated rings. The number of aliphatic imine (C=N–C) groups is 1. The highest BCUT2D eigenvalue weighted by atomic mass is 16.3. The van der Waals surface area contributed by atoms with Crippen molar-refractivity contribution >= 4 is 6.21 Å². The lowest BCUT2D eigenvalue weighted by Gasteiger charge is -2.18. The van der Waals surface area contributed by atoms with E-state index in [-0.39, 0.29) is 5.92 Å². The van der Waals surface area contributed by atoms with Gasteiger partial charge in [0.15, 0.2) is 0 Å². The van der Waals surface area contributed by atoms with Gasteiger partial charge in [0.05, 0.1) is 11.8 Å². The van der Waals surface area contributed by atoms with E-state index in [1.165, 1.54) is 6.21 Å². The van der Waals surface area contributed by atoms with E-state index in [9.17, 15) is 5.11 Å². The maximum atomic E-state index is 9.67. The molecule has 0 saturated carbocycles. The van der Waals surface area contributed by atoms with Crippen LogP contribution >= 0.6 is 0 Å². The lowest BCUT2D eigenvalue weighted by atomic mass is 9.93. The molecule has 0 spiro atoms. The molecule has 0 radical (unpaired) electrons. The molecule has 0 aromatic rings. The number of nitrogens with zero attached hydrogens (tertiary/aromatic N) is 1. The summed E-state index contributed by atoms with van der Waals surface area (Å²) in [6, 6.07) is 0. The Morgan fingerprint density at radius 2 is 1.93 bits per heavy atom. The quantitative estimate of drug-likeness (QED) is 0.528. The van der Waals surface area contributed by atoms with Crippen LogP contribution in [0.5, 0.6) is 0 Å². The number of rotatable bonds is 5. The zero-order valence-electron chi connectivity index (χ0n) is 9.44. The van der Waals surface area contributed by atoms with Crippen LogP contribution in [0.15, 0.2) is 17.0 Å². The number of aliphatic hydroxyl groups excluding tert-OH is 2. The van der Waals surface area contributed by atoms with Gasteiger partial charge < -0.3 is 10.2 Å². The third-order valence-corrected chi connectivity index (χ3v) is 2.49. The predicted octanol–water partition coefficient (Wildman–Crippen LogP) is 2.52. The Kier molecular flexibility index (Phi) is 6.21. The van der Waals surface area contributed by atoms with E-state index in [0.29, 0.717) is 18.0 Å². The molecule has 1 unspecified atom stereocenters. The molecule has 3 heteroatoms. The van der Waals surface area contributed by atoms with Crippen molar-refractivity contribution in [2.24, 2.45) is 16.8 Å². The summed E-state index contributed by atoms with van der Waals surface area (Å²) in [5.74, 6) is 0.593. The molecule has 0 heterocycles. The minimum Gasteiger partial charge on any atom is -0.514 e. The van der Waals surface area contributed by atoms with Gasteiger partial charge in [0.1, 0.15) is 6.26 Å². The molecule has 0 amide bonds. The van der Waals surface area contributed by atoms with Gasteiger partial charge in [-0.1, -0.05) is 27.7 Å². The molecule has 14 heavy (non-hydrogen) atoms. The van der Waals surface area contributed by atoms with E-state index in [2.05, 4.69) is 18.8 Å². The second kappa shape index (κ2) is 6.60. The molecule has 3 nitrogen and oxygen atoms in total. The summed E-state index contributed by atoms with van der Waals surface area (Å²) in [7, 11) is 0. The molecular weight excluding hydrogens is 178 g/mol. The summed E-state index contributed by atoms with van der Waals surface area (Å²) >= 11 is 0. The average molecular weight is 199 g/mol. The Morgan fingerprint density at radius 3 is 2.29 bits per heavy atom. The standard InChI is InChI=1S/C11H21NO2/c1-5-10(7-13)12-6-11(14)9(4)8(2)3/h6-9,11,13-14H,5H2,1-4H3/b10-7-,12-6?/t9-,11?/m1/s1. The Morgan fingerprint density at radius 1 is 1.36 bits per heavy atom. The third kappa shape index (κ3) is 4.42. The summed E-state index contributed by atoms with van der Waals surface area (Å²) in [6.45, 7) is 8.00. The molecule has 0 bridgehead atoms. The molecule has 2 atom stereocenters. The van der Waals surface area contributed by atoms with Crippen molar-refractivity contribution in [2.45, 2.75) is 40.2 Å². The Balaban J connectivity index is 4.23. The fraction of sp³-hybridized carbons (Fsp3) is 0.727. The largest absolute Gasteiger partial charge is 0.514 e. The van der Waals surface area contributed by atoms with Crippen LogP contribution in [0, 0.1) is 11.8 Å². The molecule has 0 aromatic heterocycles. The van der Waals surface area contributed by atoms with Crippen LogP contribution in [0.3, 0.4) is 0 Å². The van der Waals surface area contributed by atoms with Crippen molar-refractivity contribution in [3.63, 3.8) is 0 Å². The first kappa shape index (κ1) is 13.2. The Bertz CT molecular complexity index is 209. The van der Waals surface area contributed by atoms with E-state index in [0.717, 1.165) is 6.26 Å². The zero-order chi connectivity index (χ0) is 11.1. The molecule has 0 aliphatic rings. The van der Waals surface area contributed by atoms with Crippen molar-refractivity contribution in [1.82, 2.24) is 0 Å². The lowest BCUT2D eigenvalue weighted by Crippen LogP contribution is -2.23. The van der Waals surface area contributed by atoms with Gasteiger partial charge in [-0.2, -0.15) is 0 Å². The normalized spacial score (nSPS) is 17.7. The third-order valence-electron chi connectivity index (χ3n) is 2.49. The number of aliphatic hydroxyl groups is 2. The first-order valence-electron chi connectivity index (χ1n) is 5.08. The van der Waals surface area contributed by atoms with Crippen molar-refractivity contribution < 1.29 is 10.2 Å². The summed E-state index contributed by atoms with van der Waals surface area (Å²) in [6.07, 6.45) is 2.59. The van der Waals surface area contributed by atoms with Gasteiger partial charge >= 0.3 is 0 Å². The summed E-state index contributed by atoms with van der Waals surface area (Å²) in [5, 5.41) is 18.4. The first-order chi connectivity index (χ1) is 6.52. The Labute approximate surface area is 86.2 Å². The van der Waals surface area contributed by atoms with Gasteiger partial charge in [-0.3, -0.25) is 4.99 Å². The SMILES string of the molecule is CC/C(=C/O)N=CC(O)[C@H](C)C(C)C. The second-order valence-electron chi connectivity index (χ2n) is 3.85. The number of hydrogen-bond acceptors (Lipinski definition) is 3. The van der Waals surface area contributed by atoms with Gasteiger partial charge in [0.2, 0.25) is 0 Å².